The third kappa shape index (κ3) is 4.78. The maximum atomic E-state index is 11.5. The van der Waals surface area contributed by atoms with Crippen molar-refractivity contribution in [2.24, 2.45) is 7.05 Å². The van der Waals surface area contributed by atoms with E-state index in [1.54, 1.807) is 17.9 Å². The molecule has 104 valence electrons. The summed E-state index contributed by atoms with van der Waals surface area (Å²) in [7, 11) is 1.81. The van der Waals surface area contributed by atoms with Crippen molar-refractivity contribution < 1.29 is 14.7 Å². The SMILES string of the molecule is C=CCC(NC(=O)NCCc1nncn1C)C(=O)O. The number of aromatic nitrogens is 3. The van der Waals surface area contributed by atoms with E-state index >= 15 is 0 Å². The Morgan fingerprint density at radius 2 is 2.37 bits per heavy atom. The van der Waals surface area contributed by atoms with Crippen LogP contribution in [-0.2, 0) is 18.3 Å². The van der Waals surface area contributed by atoms with Crippen LogP contribution in [0.15, 0.2) is 19.0 Å². The van der Waals surface area contributed by atoms with Gasteiger partial charge in [0.1, 0.15) is 18.2 Å². The molecule has 0 aliphatic rings. The van der Waals surface area contributed by atoms with Crippen molar-refractivity contribution in [1.29, 1.82) is 0 Å². The number of aryl methyl sites for hydroxylation is 1. The minimum absolute atomic E-state index is 0.173. The van der Waals surface area contributed by atoms with Crippen LogP contribution in [0.25, 0.3) is 0 Å². The van der Waals surface area contributed by atoms with Gasteiger partial charge in [0.15, 0.2) is 0 Å². The molecule has 0 saturated carbocycles. The van der Waals surface area contributed by atoms with Crippen LogP contribution in [0.3, 0.4) is 0 Å². The van der Waals surface area contributed by atoms with Crippen molar-refractivity contribution in [3.63, 3.8) is 0 Å². The van der Waals surface area contributed by atoms with Gasteiger partial charge in [0.2, 0.25) is 0 Å². The summed E-state index contributed by atoms with van der Waals surface area (Å²) in [6.45, 7) is 3.79. The normalized spacial score (nSPS) is 11.6. The summed E-state index contributed by atoms with van der Waals surface area (Å²) in [6.07, 6.45) is 3.70. The lowest BCUT2D eigenvalue weighted by Gasteiger charge is -2.13. The van der Waals surface area contributed by atoms with Crippen LogP contribution in [0.1, 0.15) is 12.2 Å². The molecule has 3 N–H and O–H groups in total. The molecule has 8 nitrogen and oxygen atoms in total. The first kappa shape index (κ1) is 14.7. The zero-order valence-corrected chi connectivity index (χ0v) is 10.7. The Hall–Kier alpha value is -2.38. The number of hydrogen-bond acceptors (Lipinski definition) is 4. The molecule has 1 aromatic heterocycles. The highest BCUT2D eigenvalue weighted by atomic mass is 16.4. The number of hydrogen-bond donors (Lipinski definition) is 3. The molecule has 0 aromatic carbocycles. The van der Waals surface area contributed by atoms with E-state index in [9.17, 15) is 9.59 Å². The Bertz CT molecular complexity index is 457. The molecule has 0 saturated heterocycles. The molecule has 0 aliphatic heterocycles. The number of carbonyl (C=O) groups is 2. The predicted octanol–water partition coefficient (Wildman–Crippen LogP) is -0.314. The number of nitrogens with one attached hydrogen (secondary N) is 2. The van der Waals surface area contributed by atoms with Gasteiger partial charge in [0.25, 0.3) is 0 Å². The smallest absolute Gasteiger partial charge is 0.326 e. The molecule has 1 unspecified atom stereocenters. The largest absolute Gasteiger partial charge is 0.480 e. The van der Waals surface area contributed by atoms with E-state index in [0.29, 0.717) is 13.0 Å². The molecule has 1 aromatic rings. The first-order valence-electron chi connectivity index (χ1n) is 5.75. The average Bonchev–Trinajstić information content (AvgIpc) is 2.74. The predicted molar refractivity (Wildman–Crippen MR) is 67.5 cm³/mol. The molecule has 0 aliphatic carbocycles. The van der Waals surface area contributed by atoms with E-state index in [4.69, 9.17) is 5.11 Å². The summed E-state index contributed by atoms with van der Waals surface area (Å²) in [5.41, 5.74) is 0. The maximum absolute atomic E-state index is 11.5. The van der Waals surface area contributed by atoms with Gasteiger partial charge in [0.05, 0.1) is 0 Å². The molecule has 1 heterocycles. The second-order valence-corrected chi connectivity index (χ2v) is 3.92. The second kappa shape index (κ2) is 7.14. The molecule has 2 amide bonds. The molecular weight excluding hydrogens is 250 g/mol. The Morgan fingerprint density at radius 3 is 2.89 bits per heavy atom. The van der Waals surface area contributed by atoms with Crippen molar-refractivity contribution in [1.82, 2.24) is 25.4 Å². The number of rotatable bonds is 7. The van der Waals surface area contributed by atoms with Crippen LogP contribution >= 0.6 is 0 Å². The number of carboxylic acids is 1. The number of carbonyl (C=O) groups excluding carboxylic acids is 1. The van der Waals surface area contributed by atoms with Gasteiger partial charge in [0, 0.05) is 20.0 Å². The summed E-state index contributed by atoms with van der Waals surface area (Å²) in [4.78, 5) is 22.3. The molecule has 0 spiro atoms. The minimum Gasteiger partial charge on any atom is -0.480 e. The molecular formula is C11H17N5O3. The van der Waals surface area contributed by atoms with E-state index in [0.717, 1.165) is 5.82 Å². The summed E-state index contributed by atoms with van der Waals surface area (Å²) in [5.74, 6) is -0.357. The topological polar surface area (TPSA) is 109 Å². The van der Waals surface area contributed by atoms with E-state index in [1.165, 1.54) is 6.08 Å². The zero-order valence-electron chi connectivity index (χ0n) is 10.7. The summed E-state index contributed by atoms with van der Waals surface area (Å²) < 4.78 is 1.75. The Labute approximate surface area is 110 Å². The molecule has 0 bridgehead atoms. The minimum atomic E-state index is -1.09. The van der Waals surface area contributed by atoms with Crippen LogP contribution < -0.4 is 10.6 Å². The van der Waals surface area contributed by atoms with Gasteiger partial charge in [-0.25, -0.2) is 9.59 Å². The highest BCUT2D eigenvalue weighted by Gasteiger charge is 2.17. The van der Waals surface area contributed by atoms with Gasteiger partial charge < -0.3 is 20.3 Å². The molecule has 0 radical (unpaired) electrons. The number of aliphatic carboxylic acids is 1. The zero-order chi connectivity index (χ0) is 14.3. The highest BCUT2D eigenvalue weighted by molar-refractivity contribution is 5.82. The van der Waals surface area contributed by atoms with Crippen molar-refractivity contribution in [3.8, 4) is 0 Å². The van der Waals surface area contributed by atoms with E-state index in [2.05, 4.69) is 27.4 Å². The molecule has 8 heteroatoms. The summed E-state index contributed by atoms with van der Waals surface area (Å²) >= 11 is 0. The van der Waals surface area contributed by atoms with Crippen molar-refractivity contribution in [2.75, 3.05) is 6.54 Å². The van der Waals surface area contributed by atoms with Crippen molar-refractivity contribution in [3.05, 3.63) is 24.8 Å². The van der Waals surface area contributed by atoms with Gasteiger partial charge in [-0.3, -0.25) is 0 Å². The number of amides is 2. The van der Waals surface area contributed by atoms with E-state index in [-0.39, 0.29) is 6.42 Å². The molecule has 1 rings (SSSR count). The fourth-order valence-electron chi connectivity index (χ4n) is 1.42. The Kier molecular flexibility index (Phi) is 5.52. The van der Waals surface area contributed by atoms with Gasteiger partial charge in [-0.1, -0.05) is 6.08 Å². The van der Waals surface area contributed by atoms with Gasteiger partial charge in [-0.15, -0.1) is 16.8 Å². The number of nitrogens with zero attached hydrogens (tertiary/aromatic N) is 3. The van der Waals surface area contributed by atoms with Gasteiger partial charge >= 0.3 is 12.0 Å². The molecule has 1 atom stereocenters. The maximum Gasteiger partial charge on any atom is 0.326 e. The third-order valence-corrected chi connectivity index (χ3v) is 2.45. The lowest BCUT2D eigenvalue weighted by molar-refractivity contribution is -0.139. The van der Waals surface area contributed by atoms with Crippen LogP contribution in [-0.4, -0.2) is 44.5 Å². The van der Waals surface area contributed by atoms with Crippen molar-refractivity contribution in [2.45, 2.75) is 18.9 Å². The molecule has 19 heavy (non-hydrogen) atoms. The first-order chi connectivity index (χ1) is 9.04. The Morgan fingerprint density at radius 1 is 1.63 bits per heavy atom. The highest BCUT2D eigenvalue weighted by Crippen LogP contribution is 1.94. The Balaban J connectivity index is 2.33. The third-order valence-electron chi connectivity index (χ3n) is 2.45. The van der Waals surface area contributed by atoms with Crippen LogP contribution in [0, 0.1) is 0 Å². The quantitative estimate of drug-likeness (QED) is 0.587. The van der Waals surface area contributed by atoms with E-state index in [1.807, 2.05) is 0 Å². The number of urea groups is 1. The van der Waals surface area contributed by atoms with Crippen LogP contribution in [0.2, 0.25) is 0 Å². The fourth-order valence-corrected chi connectivity index (χ4v) is 1.42. The lowest BCUT2D eigenvalue weighted by Crippen LogP contribution is -2.46. The van der Waals surface area contributed by atoms with E-state index < -0.39 is 18.0 Å². The lowest BCUT2D eigenvalue weighted by atomic mass is 10.2. The molecule has 0 fully saturated rings. The van der Waals surface area contributed by atoms with Crippen LogP contribution in [0.5, 0.6) is 0 Å². The van der Waals surface area contributed by atoms with Crippen molar-refractivity contribution >= 4 is 12.0 Å². The van der Waals surface area contributed by atoms with Crippen LogP contribution in [0.4, 0.5) is 4.79 Å². The average molecular weight is 267 g/mol. The monoisotopic (exact) mass is 267 g/mol. The summed E-state index contributed by atoms with van der Waals surface area (Å²) in [5, 5.41) is 21.3. The second-order valence-electron chi connectivity index (χ2n) is 3.92. The number of carboxylic acid groups (broad SMARTS) is 1. The summed E-state index contributed by atoms with van der Waals surface area (Å²) in [6, 6.07) is -1.50. The first-order valence-corrected chi connectivity index (χ1v) is 5.75. The van der Waals surface area contributed by atoms with Gasteiger partial charge in [-0.2, -0.15) is 0 Å². The van der Waals surface area contributed by atoms with Gasteiger partial charge in [-0.05, 0) is 6.42 Å². The fraction of sp³-hybridized carbons (Fsp3) is 0.455. The standard InChI is InChI=1S/C11H17N5O3/c1-3-4-8(10(17)18)14-11(19)12-6-5-9-15-13-7-16(9)2/h3,7-8H,1,4-6H2,2H3,(H,17,18)(H2,12,14,19).